The number of aromatic nitrogens is 2. The summed E-state index contributed by atoms with van der Waals surface area (Å²) in [5, 5.41) is 1.08. The Bertz CT molecular complexity index is 1260. The van der Waals surface area contributed by atoms with Gasteiger partial charge in [-0.25, -0.2) is 4.98 Å². The molecule has 1 atom stereocenters. The standard InChI is InChI=1S/C27H28N4O/c1-30(2)27(32)21-10-8-20(9-11-21)25-16-29-26-24(25)14-23(15-28-26)19-6-4-18(5-7-19)22-12-13-31(3)17-22/h4-11,14-16,22H,12-13,17H2,1-3H3,(H,28,29). The maximum atomic E-state index is 12.2. The lowest BCUT2D eigenvalue weighted by Gasteiger charge is -2.12. The highest BCUT2D eigenvalue weighted by Gasteiger charge is 2.21. The molecule has 0 bridgehead atoms. The van der Waals surface area contributed by atoms with E-state index >= 15 is 0 Å². The number of fused-ring (bicyclic) bond motifs is 1. The highest BCUT2D eigenvalue weighted by Crippen LogP contribution is 2.32. The topological polar surface area (TPSA) is 52.2 Å². The summed E-state index contributed by atoms with van der Waals surface area (Å²) in [6.45, 7) is 2.31. The molecule has 1 fully saturated rings. The number of likely N-dealkylation sites (tertiary alicyclic amines) is 1. The second-order valence-electron chi connectivity index (χ2n) is 8.97. The molecule has 5 heteroatoms. The first-order valence-electron chi connectivity index (χ1n) is 11.1. The number of nitrogens with one attached hydrogen (secondary N) is 1. The van der Waals surface area contributed by atoms with Crippen LogP contribution in [0.2, 0.25) is 0 Å². The van der Waals surface area contributed by atoms with Crippen molar-refractivity contribution < 1.29 is 4.79 Å². The molecule has 1 aliphatic heterocycles. The summed E-state index contributed by atoms with van der Waals surface area (Å²) in [6.07, 6.45) is 5.15. The fraction of sp³-hybridized carbons (Fsp3) is 0.259. The van der Waals surface area contributed by atoms with Gasteiger partial charge in [-0.05, 0) is 60.8 Å². The van der Waals surface area contributed by atoms with E-state index in [1.807, 2.05) is 36.7 Å². The number of carbonyl (C=O) groups excluding carboxylic acids is 1. The summed E-state index contributed by atoms with van der Waals surface area (Å²) in [7, 11) is 5.72. The number of likely N-dealkylation sites (N-methyl/N-ethyl adjacent to an activating group) is 1. The van der Waals surface area contributed by atoms with Gasteiger partial charge >= 0.3 is 0 Å². The maximum Gasteiger partial charge on any atom is 0.253 e. The molecule has 1 N–H and O–H groups in total. The molecule has 162 valence electrons. The van der Waals surface area contributed by atoms with Crippen LogP contribution in [-0.4, -0.2) is 59.9 Å². The molecule has 5 nitrogen and oxygen atoms in total. The summed E-state index contributed by atoms with van der Waals surface area (Å²) in [5.74, 6) is 0.639. The van der Waals surface area contributed by atoms with Crippen molar-refractivity contribution in [1.29, 1.82) is 0 Å². The van der Waals surface area contributed by atoms with E-state index in [0.29, 0.717) is 11.5 Å². The number of carbonyl (C=O) groups is 1. The molecule has 5 rings (SSSR count). The van der Waals surface area contributed by atoms with Crippen LogP contribution in [0.4, 0.5) is 0 Å². The number of nitrogens with zero attached hydrogens (tertiary/aromatic N) is 3. The molecule has 1 unspecified atom stereocenters. The lowest BCUT2D eigenvalue weighted by Crippen LogP contribution is -2.21. The monoisotopic (exact) mass is 424 g/mol. The molecule has 4 aromatic rings. The molecule has 1 saturated heterocycles. The molecule has 0 saturated carbocycles. The third kappa shape index (κ3) is 3.80. The van der Waals surface area contributed by atoms with Crippen molar-refractivity contribution in [3.8, 4) is 22.3 Å². The van der Waals surface area contributed by atoms with Crippen LogP contribution in [0.15, 0.2) is 67.0 Å². The summed E-state index contributed by atoms with van der Waals surface area (Å²) in [6, 6.07) is 18.9. The van der Waals surface area contributed by atoms with Crippen LogP contribution in [-0.2, 0) is 0 Å². The van der Waals surface area contributed by atoms with Crippen LogP contribution in [0.5, 0.6) is 0 Å². The van der Waals surface area contributed by atoms with Crippen LogP contribution in [0.1, 0.15) is 28.3 Å². The number of hydrogen-bond donors (Lipinski definition) is 1. The van der Waals surface area contributed by atoms with Crippen molar-refractivity contribution >= 4 is 16.9 Å². The molecule has 1 amide bonds. The Kier molecular flexibility index (Phi) is 5.27. The molecule has 0 radical (unpaired) electrons. The lowest BCUT2D eigenvalue weighted by molar-refractivity contribution is 0.0827. The second-order valence-corrected chi connectivity index (χ2v) is 8.97. The molecule has 2 aromatic carbocycles. The number of aromatic amines is 1. The van der Waals surface area contributed by atoms with Crippen LogP contribution < -0.4 is 0 Å². The minimum atomic E-state index is 0.00660. The first-order valence-corrected chi connectivity index (χ1v) is 11.1. The van der Waals surface area contributed by atoms with E-state index in [2.05, 4.69) is 52.2 Å². The van der Waals surface area contributed by atoms with Crippen LogP contribution in [0.3, 0.4) is 0 Å². The fourth-order valence-corrected chi connectivity index (χ4v) is 4.61. The van der Waals surface area contributed by atoms with Gasteiger partial charge in [0.25, 0.3) is 5.91 Å². The maximum absolute atomic E-state index is 12.2. The number of benzene rings is 2. The van der Waals surface area contributed by atoms with Crippen molar-refractivity contribution in [2.45, 2.75) is 12.3 Å². The van der Waals surface area contributed by atoms with Crippen molar-refractivity contribution in [3.05, 3.63) is 78.1 Å². The van der Waals surface area contributed by atoms with E-state index in [4.69, 9.17) is 0 Å². The molecule has 1 aliphatic rings. The minimum absolute atomic E-state index is 0.00660. The zero-order valence-electron chi connectivity index (χ0n) is 18.8. The normalized spacial score (nSPS) is 16.5. The first kappa shape index (κ1) is 20.5. The molecule has 0 aliphatic carbocycles. The Morgan fingerprint density at radius 1 is 1.03 bits per heavy atom. The van der Waals surface area contributed by atoms with Gasteiger partial charge in [0.15, 0.2) is 0 Å². The predicted octanol–water partition coefficient (Wildman–Crippen LogP) is 5.02. The smallest absolute Gasteiger partial charge is 0.253 e. The Hall–Kier alpha value is -3.44. The molecule has 0 spiro atoms. The number of hydrogen-bond acceptors (Lipinski definition) is 3. The minimum Gasteiger partial charge on any atom is -0.346 e. The predicted molar refractivity (Wildman–Crippen MR) is 130 cm³/mol. The Labute approximate surface area is 188 Å². The van der Waals surface area contributed by atoms with E-state index in [1.165, 1.54) is 24.1 Å². The first-order chi connectivity index (χ1) is 15.5. The van der Waals surface area contributed by atoms with E-state index in [-0.39, 0.29) is 5.91 Å². The number of H-pyrrole nitrogens is 1. The van der Waals surface area contributed by atoms with Gasteiger partial charge in [-0.2, -0.15) is 0 Å². The number of pyridine rings is 1. The molecule has 2 aromatic heterocycles. The Morgan fingerprint density at radius 3 is 2.41 bits per heavy atom. The third-order valence-corrected chi connectivity index (χ3v) is 6.49. The van der Waals surface area contributed by atoms with Crippen molar-refractivity contribution in [3.63, 3.8) is 0 Å². The van der Waals surface area contributed by atoms with E-state index < -0.39 is 0 Å². The fourth-order valence-electron chi connectivity index (χ4n) is 4.61. The highest BCUT2D eigenvalue weighted by atomic mass is 16.2. The van der Waals surface area contributed by atoms with Gasteiger partial charge in [-0.15, -0.1) is 0 Å². The van der Waals surface area contributed by atoms with E-state index in [9.17, 15) is 4.79 Å². The zero-order chi connectivity index (χ0) is 22.2. The van der Waals surface area contributed by atoms with Gasteiger partial charge in [-0.3, -0.25) is 4.79 Å². The highest BCUT2D eigenvalue weighted by molar-refractivity contribution is 5.97. The van der Waals surface area contributed by atoms with Crippen LogP contribution in [0.25, 0.3) is 33.3 Å². The Balaban J connectivity index is 1.44. The lowest BCUT2D eigenvalue weighted by atomic mass is 9.95. The molecular weight excluding hydrogens is 396 g/mol. The van der Waals surface area contributed by atoms with Crippen molar-refractivity contribution in [2.24, 2.45) is 0 Å². The quantitative estimate of drug-likeness (QED) is 0.501. The average molecular weight is 425 g/mol. The van der Waals surface area contributed by atoms with Crippen molar-refractivity contribution in [2.75, 3.05) is 34.2 Å². The zero-order valence-corrected chi connectivity index (χ0v) is 18.8. The summed E-state index contributed by atoms with van der Waals surface area (Å²) in [4.78, 5) is 24.1. The second kappa shape index (κ2) is 8.24. The van der Waals surface area contributed by atoms with Crippen LogP contribution in [0, 0.1) is 0 Å². The summed E-state index contributed by atoms with van der Waals surface area (Å²) >= 11 is 0. The molecular formula is C27H28N4O. The van der Waals surface area contributed by atoms with Crippen molar-refractivity contribution in [1.82, 2.24) is 19.8 Å². The van der Waals surface area contributed by atoms with E-state index in [1.54, 1.807) is 19.0 Å². The van der Waals surface area contributed by atoms with Gasteiger partial charge in [0.1, 0.15) is 5.65 Å². The van der Waals surface area contributed by atoms with Gasteiger partial charge < -0.3 is 14.8 Å². The summed E-state index contributed by atoms with van der Waals surface area (Å²) < 4.78 is 0. The van der Waals surface area contributed by atoms with Gasteiger partial charge in [0, 0.05) is 55.1 Å². The summed E-state index contributed by atoms with van der Waals surface area (Å²) in [5.41, 5.74) is 7.40. The van der Waals surface area contributed by atoms with Gasteiger partial charge in [0.05, 0.1) is 0 Å². The van der Waals surface area contributed by atoms with Gasteiger partial charge in [0.2, 0.25) is 0 Å². The number of rotatable bonds is 4. The molecule has 3 heterocycles. The average Bonchev–Trinajstić information content (AvgIpc) is 3.44. The largest absolute Gasteiger partial charge is 0.346 e. The SMILES string of the molecule is CN1CCC(c2ccc(-c3cnc4[nH]cc(-c5ccc(C(=O)N(C)C)cc5)c4c3)cc2)C1. The van der Waals surface area contributed by atoms with Gasteiger partial charge in [-0.1, -0.05) is 36.4 Å². The third-order valence-electron chi connectivity index (χ3n) is 6.49. The number of amides is 1. The Morgan fingerprint density at radius 2 is 1.75 bits per heavy atom. The molecule has 32 heavy (non-hydrogen) atoms. The van der Waals surface area contributed by atoms with Crippen LogP contribution >= 0.6 is 0 Å². The van der Waals surface area contributed by atoms with E-state index in [0.717, 1.165) is 34.3 Å².